The number of benzene rings is 3. The van der Waals surface area contributed by atoms with Crippen molar-refractivity contribution in [1.29, 1.82) is 0 Å². The molecule has 0 saturated heterocycles. The van der Waals surface area contributed by atoms with Crippen LogP contribution in [0.25, 0.3) is 20.9 Å². The first-order valence-electron chi connectivity index (χ1n) is 10.4. The summed E-state index contributed by atoms with van der Waals surface area (Å²) in [7, 11) is -4.96. The molecule has 38 heavy (non-hydrogen) atoms. The van der Waals surface area contributed by atoms with Crippen molar-refractivity contribution in [3.8, 4) is 17.2 Å². The first kappa shape index (κ1) is 25.8. The average Bonchev–Trinajstić information content (AvgIpc) is 2.90. The SMILES string of the molecule is [N-]=[N+]=NC1=CC(=O)c2c(cccc2S(=O)(=O)Oc2ccc(C(=O)c3ccccc3)c(O)c2O)C1(O)N=[N+]=[N-]. The number of allylic oxidation sites excluding steroid dienone is 1. The fourth-order valence-corrected chi connectivity index (χ4v) is 4.92. The van der Waals surface area contributed by atoms with Gasteiger partial charge in [0.2, 0.25) is 5.75 Å². The number of phenols is 2. The Morgan fingerprint density at radius 2 is 1.66 bits per heavy atom. The highest BCUT2D eigenvalue weighted by atomic mass is 32.2. The molecular formula is C23H14N6O8S. The van der Waals surface area contributed by atoms with Gasteiger partial charge >= 0.3 is 10.1 Å². The maximum absolute atomic E-state index is 13.2. The van der Waals surface area contributed by atoms with E-state index in [2.05, 4.69) is 20.1 Å². The maximum atomic E-state index is 13.2. The second kappa shape index (κ2) is 9.61. The molecule has 3 aromatic carbocycles. The third-order valence-electron chi connectivity index (χ3n) is 5.48. The molecule has 3 N–H and O–H groups in total. The van der Waals surface area contributed by atoms with Crippen molar-refractivity contribution in [2.45, 2.75) is 10.6 Å². The highest BCUT2D eigenvalue weighted by molar-refractivity contribution is 7.87. The summed E-state index contributed by atoms with van der Waals surface area (Å²) in [5.41, 5.74) is 12.9. The number of fused-ring (bicyclic) bond motifs is 1. The lowest BCUT2D eigenvalue weighted by Crippen LogP contribution is -2.32. The largest absolute Gasteiger partial charge is 0.504 e. The van der Waals surface area contributed by atoms with Crippen LogP contribution in [0.15, 0.2) is 87.6 Å². The molecule has 190 valence electrons. The molecule has 15 heteroatoms. The zero-order valence-electron chi connectivity index (χ0n) is 18.8. The van der Waals surface area contributed by atoms with Gasteiger partial charge < -0.3 is 19.5 Å². The smallest absolute Gasteiger partial charge is 0.340 e. The molecule has 0 amide bonds. The predicted octanol–water partition coefficient (Wildman–Crippen LogP) is 3.94. The van der Waals surface area contributed by atoms with Gasteiger partial charge in [-0.1, -0.05) is 47.6 Å². The number of carbonyl (C=O) groups is 2. The fourth-order valence-electron chi connectivity index (χ4n) is 3.76. The molecule has 0 saturated carbocycles. The van der Waals surface area contributed by atoms with E-state index in [0.29, 0.717) is 6.08 Å². The van der Waals surface area contributed by atoms with Gasteiger partial charge in [0.05, 0.1) is 16.8 Å². The second-order valence-corrected chi connectivity index (χ2v) is 9.18. The second-order valence-electron chi connectivity index (χ2n) is 7.66. The quantitative estimate of drug-likeness (QED) is 0.0999. The maximum Gasteiger partial charge on any atom is 0.340 e. The van der Waals surface area contributed by atoms with Crippen molar-refractivity contribution in [3.63, 3.8) is 0 Å². The van der Waals surface area contributed by atoms with Crippen molar-refractivity contribution in [1.82, 2.24) is 0 Å². The third-order valence-corrected chi connectivity index (χ3v) is 6.76. The molecule has 0 aromatic heterocycles. The van der Waals surface area contributed by atoms with Gasteiger partial charge in [-0.05, 0) is 40.5 Å². The fraction of sp³-hybridized carbons (Fsp3) is 0.0435. The molecule has 3 aromatic rings. The van der Waals surface area contributed by atoms with Gasteiger partial charge in [-0.2, -0.15) is 8.42 Å². The molecule has 0 spiro atoms. The molecule has 0 aliphatic heterocycles. The summed E-state index contributed by atoms with van der Waals surface area (Å²) >= 11 is 0. The molecule has 0 fully saturated rings. The van der Waals surface area contributed by atoms with E-state index in [4.69, 9.17) is 15.2 Å². The lowest BCUT2D eigenvalue weighted by Gasteiger charge is -2.29. The molecule has 1 aliphatic carbocycles. The number of aliphatic hydroxyl groups is 1. The standard InChI is InChI=1S/C23H14N6O8S/c24-28-26-18-11-15(30)19-14(23(18,34)27-29-25)7-4-8-17(19)38(35,36)37-16-10-9-13(21(32)22(16)33)20(31)12-5-2-1-3-6-12/h1-11,32-34H. The van der Waals surface area contributed by atoms with Crippen molar-refractivity contribution in [3.05, 3.63) is 116 Å². The Morgan fingerprint density at radius 3 is 2.32 bits per heavy atom. The first-order valence-corrected chi connectivity index (χ1v) is 11.8. The van der Waals surface area contributed by atoms with E-state index in [1.807, 2.05) is 0 Å². The zero-order valence-corrected chi connectivity index (χ0v) is 19.6. The van der Waals surface area contributed by atoms with Gasteiger partial charge in [-0.3, -0.25) is 9.59 Å². The van der Waals surface area contributed by atoms with Crippen molar-refractivity contribution in [2.24, 2.45) is 10.2 Å². The minimum atomic E-state index is -4.96. The Labute approximate surface area is 213 Å². The van der Waals surface area contributed by atoms with Gasteiger partial charge in [0.25, 0.3) is 0 Å². The molecule has 14 nitrogen and oxygen atoms in total. The Kier molecular flexibility index (Phi) is 6.51. The Hall–Kier alpha value is -5.33. The van der Waals surface area contributed by atoms with E-state index >= 15 is 0 Å². The number of aromatic hydroxyl groups is 2. The summed E-state index contributed by atoms with van der Waals surface area (Å²) < 4.78 is 31.3. The zero-order chi connectivity index (χ0) is 27.7. The van der Waals surface area contributed by atoms with Crippen LogP contribution < -0.4 is 4.18 Å². The summed E-state index contributed by atoms with van der Waals surface area (Å²) in [4.78, 5) is 29.6. The van der Waals surface area contributed by atoms with Crippen LogP contribution in [0.3, 0.4) is 0 Å². The van der Waals surface area contributed by atoms with Gasteiger partial charge in [0.1, 0.15) is 4.90 Å². The van der Waals surface area contributed by atoms with Crippen LogP contribution in [0, 0.1) is 0 Å². The van der Waals surface area contributed by atoms with E-state index in [1.165, 1.54) is 12.1 Å². The molecular weight excluding hydrogens is 520 g/mol. The molecule has 0 bridgehead atoms. The normalized spacial score (nSPS) is 16.3. The summed E-state index contributed by atoms with van der Waals surface area (Å²) in [6.07, 6.45) is 0.600. The van der Waals surface area contributed by atoms with Crippen LogP contribution in [0.5, 0.6) is 17.2 Å². The van der Waals surface area contributed by atoms with E-state index < -0.39 is 66.4 Å². The number of rotatable bonds is 7. The summed E-state index contributed by atoms with van der Waals surface area (Å²) in [6.45, 7) is 0. The lowest BCUT2D eigenvalue weighted by molar-refractivity contribution is 0.0741. The van der Waals surface area contributed by atoms with Crippen LogP contribution in [0.1, 0.15) is 31.8 Å². The summed E-state index contributed by atoms with van der Waals surface area (Å²) in [5, 5.41) is 38.1. The topological polar surface area (TPSA) is 236 Å². The third kappa shape index (κ3) is 4.25. The summed E-state index contributed by atoms with van der Waals surface area (Å²) in [6, 6.07) is 12.9. The van der Waals surface area contributed by atoms with E-state index in [0.717, 1.165) is 30.3 Å². The van der Waals surface area contributed by atoms with Gasteiger partial charge in [-0.25, -0.2) is 0 Å². The van der Waals surface area contributed by atoms with Crippen LogP contribution in [-0.4, -0.2) is 35.3 Å². The van der Waals surface area contributed by atoms with Gasteiger partial charge in [0, 0.05) is 21.0 Å². The van der Waals surface area contributed by atoms with Crippen molar-refractivity contribution in [2.75, 3.05) is 0 Å². The molecule has 1 unspecified atom stereocenters. The highest BCUT2D eigenvalue weighted by Crippen LogP contribution is 2.43. The molecule has 0 radical (unpaired) electrons. The van der Waals surface area contributed by atoms with Gasteiger partial charge in [0.15, 0.2) is 28.8 Å². The summed E-state index contributed by atoms with van der Waals surface area (Å²) in [5.74, 6) is -4.47. The number of hydrogen-bond acceptors (Lipinski definition) is 10. The Balaban J connectivity index is 1.79. The Morgan fingerprint density at radius 1 is 0.947 bits per heavy atom. The number of carbonyl (C=O) groups excluding carboxylic acids is 2. The lowest BCUT2D eigenvalue weighted by atomic mass is 9.87. The van der Waals surface area contributed by atoms with E-state index in [9.17, 15) is 33.3 Å². The molecule has 4 rings (SSSR count). The van der Waals surface area contributed by atoms with Crippen LogP contribution in [0.4, 0.5) is 0 Å². The van der Waals surface area contributed by atoms with Crippen molar-refractivity contribution < 1.29 is 37.5 Å². The van der Waals surface area contributed by atoms with E-state index in [1.54, 1.807) is 18.2 Å². The first-order chi connectivity index (χ1) is 18.0. The predicted molar refractivity (Wildman–Crippen MR) is 129 cm³/mol. The van der Waals surface area contributed by atoms with E-state index in [-0.39, 0.29) is 11.1 Å². The van der Waals surface area contributed by atoms with Crippen LogP contribution in [-0.2, 0) is 15.8 Å². The number of hydrogen-bond donors (Lipinski definition) is 3. The highest BCUT2D eigenvalue weighted by Gasteiger charge is 2.43. The minimum Gasteiger partial charge on any atom is -0.504 e. The monoisotopic (exact) mass is 534 g/mol. The number of ketones is 2. The van der Waals surface area contributed by atoms with Crippen molar-refractivity contribution >= 4 is 21.7 Å². The molecule has 1 atom stereocenters. The number of azide groups is 2. The molecule has 1 aliphatic rings. The van der Waals surface area contributed by atoms with Crippen LogP contribution >= 0.6 is 0 Å². The number of nitrogens with zero attached hydrogens (tertiary/aromatic N) is 6. The molecule has 0 heterocycles. The van der Waals surface area contributed by atoms with Gasteiger partial charge in [-0.15, -0.1) is 0 Å². The minimum absolute atomic E-state index is 0.193. The average molecular weight is 534 g/mol. The number of phenolic OH excluding ortho intramolecular Hbond substituents is 2. The van der Waals surface area contributed by atoms with Crippen LogP contribution in [0.2, 0.25) is 0 Å². The Bertz CT molecular complexity index is 1740.